The third kappa shape index (κ3) is 4.28. The van der Waals surface area contributed by atoms with Crippen molar-refractivity contribution in [2.24, 2.45) is 0 Å². The van der Waals surface area contributed by atoms with Crippen molar-refractivity contribution in [3.05, 3.63) is 0 Å². The minimum atomic E-state index is -0.174. The molecule has 100 valence electrons. The summed E-state index contributed by atoms with van der Waals surface area (Å²) in [7, 11) is 0. The molecule has 1 unspecified atom stereocenters. The second-order valence-corrected chi connectivity index (χ2v) is 5.33. The predicted molar refractivity (Wildman–Crippen MR) is 66.9 cm³/mol. The lowest BCUT2D eigenvalue weighted by atomic mass is 9.79. The standard InChI is InChI=1S/C13H25NO3/c1-5-14-13(9-11(15)16-6-2)7-8-17-12(3,4)10-13/h14H,5-10H2,1-4H3. The minimum Gasteiger partial charge on any atom is -0.466 e. The van der Waals surface area contributed by atoms with E-state index >= 15 is 0 Å². The summed E-state index contributed by atoms with van der Waals surface area (Å²) >= 11 is 0. The summed E-state index contributed by atoms with van der Waals surface area (Å²) in [6, 6.07) is 0. The van der Waals surface area contributed by atoms with Gasteiger partial charge in [-0.05, 0) is 40.2 Å². The molecular formula is C13H25NO3. The lowest BCUT2D eigenvalue weighted by molar-refractivity contribution is -0.148. The fourth-order valence-electron chi connectivity index (χ4n) is 2.70. The zero-order valence-electron chi connectivity index (χ0n) is 11.5. The monoisotopic (exact) mass is 243 g/mol. The van der Waals surface area contributed by atoms with Crippen molar-refractivity contribution in [2.75, 3.05) is 19.8 Å². The van der Waals surface area contributed by atoms with Gasteiger partial charge in [0.2, 0.25) is 0 Å². The van der Waals surface area contributed by atoms with Gasteiger partial charge in [-0.1, -0.05) is 6.92 Å². The molecule has 0 aromatic heterocycles. The van der Waals surface area contributed by atoms with Gasteiger partial charge in [0.05, 0.1) is 18.6 Å². The summed E-state index contributed by atoms with van der Waals surface area (Å²) < 4.78 is 10.8. The molecule has 17 heavy (non-hydrogen) atoms. The van der Waals surface area contributed by atoms with E-state index in [9.17, 15) is 4.79 Å². The van der Waals surface area contributed by atoms with Gasteiger partial charge in [-0.2, -0.15) is 0 Å². The summed E-state index contributed by atoms with van der Waals surface area (Å²) in [5.41, 5.74) is -0.338. The smallest absolute Gasteiger partial charge is 0.307 e. The van der Waals surface area contributed by atoms with Crippen molar-refractivity contribution in [1.29, 1.82) is 0 Å². The molecular weight excluding hydrogens is 218 g/mol. The average molecular weight is 243 g/mol. The Labute approximate surface area is 104 Å². The molecule has 1 rings (SSSR count). The maximum Gasteiger partial charge on any atom is 0.307 e. The number of nitrogens with one attached hydrogen (secondary N) is 1. The number of ether oxygens (including phenoxy) is 2. The topological polar surface area (TPSA) is 47.6 Å². The first-order valence-electron chi connectivity index (χ1n) is 6.48. The Morgan fingerprint density at radius 3 is 2.65 bits per heavy atom. The maximum atomic E-state index is 11.7. The second kappa shape index (κ2) is 5.83. The van der Waals surface area contributed by atoms with Gasteiger partial charge in [0.15, 0.2) is 0 Å². The van der Waals surface area contributed by atoms with Gasteiger partial charge < -0.3 is 14.8 Å². The molecule has 0 bridgehead atoms. The zero-order chi connectivity index (χ0) is 12.9. The van der Waals surface area contributed by atoms with Crippen molar-refractivity contribution in [2.45, 2.75) is 58.1 Å². The molecule has 1 N–H and O–H groups in total. The van der Waals surface area contributed by atoms with Crippen LogP contribution in [0.2, 0.25) is 0 Å². The number of hydrogen-bond donors (Lipinski definition) is 1. The van der Waals surface area contributed by atoms with Crippen LogP contribution < -0.4 is 5.32 Å². The Hall–Kier alpha value is -0.610. The van der Waals surface area contributed by atoms with Gasteiger partial charge in [-0.15, -0.1) is 0 Å². The number of carbonyl (C=O) groups excluding carboxylic acids is 1. The number of carbonyl (C=O) groups is 1. The molecule has 0 amide bonds. The Morgan fingerprint density at radius 2 is 2.12 bits per heavy atom. The highest BCUT2D eigenvalue weighted by Crippen LogP contribution is 2.34. The third-order valence-corrected chi connectivity index (χ3v) is 3.18. The van der Waals surface area contributed by atoms with E-state index in [1.54, 1.807) is 0 Å². The van der Waals surface area contributed by atoms with E-state index in [0.717, 1.165) is 19.4 Å². The van der Waals surface area contributed by atoms with Crippen molar-refractivity contribution in [3.8, 4) is 0 Å². The Balaban J connectivity index is 2.71. The summed E-state index contributed by atoms with van der Waals surface area (Å²) in [4.78, 5) is 11.7. The van der Waals surface area contributed by atoms with Crippen LogP contribution in [0.25, 0.3) is 0 Å². The predicted octanol–water partition coefficient (Wildman–Crippen LogP) is 1.88. The van der Waals surface area contributed by atoms with Crippen LogP contribution in [0.15, 0.2) is 0 Å². The van der Waals surface area contributed by atoms with Crippen LogP contribution in [0.5, 0.6) is 0 Å². The number of rotatable bonds is 5. The number of hydrogen-bond acceptors (Lipinski definition) is 4. The first-order chi connectivity index (χ1) is 7.93. The summed E-state index contributed by atoms with van der Waals surface area (Å²) in [5.74, 6) is -0.119. The summed E-state index contributed by atoms with van der Waals surface area (Å²) in [5, 5.41) is 3.46. The van der Waals surface area contributed by atoms with Crippen LogP contribution in [-0.4, -0.2) is 36.9 Å². The van der Waals surface area contributed by atoms with E-state index in [4.69, 9.17) is 9.47 Å². The van der Waals surface area contributed by atoms with E-state index in [1.807, 2.05) is 6.92 Å². The molecule has 4 nitrogen and oxygen atoms in total. The van der Waals surface area contributed by atoms with Gasteiger partial charge in [0.25, 0.3) is 0 Å². The fourth-order valence-corrected chi connectivity index (χ4v) is 2.70. The van der Waals surface area contributed by atoms with Crippen LogP contribution >= 0.6 is 0 Å². The van der Waals surface area contributed by atoms with Gasteiger partial charge in [0, 0.05) is 12.1 Å². The van der Waals surface area contributed by atoms with E-state index in [2.05, 4.69) is 26.1 Å². The minimum absolute atomic E-state index is 0.119. The van der Waals surface area contributed by atoms with Crippen molar-refractivity contribution in [3.63, 3.8) is 0 Å². The Kier molecular flexibility index (Phi) is 4.95. The normalized spacial score (nSPS) is 27.8. The Morgan fingerprint density at radius 1 is 1.41 bits per heavy atom. The molecule has 1 aliphatic heterocycles. The maximum absolute atomic E-state index is 11.7. The molecule has 1 aliphatic rings. The zero-order valence-corrected chi connectivity index (χ0v) is 11.5. The Bertz CT molecular complexity index is 261. The van der Waals surface area contributed by atoms with Crippen LogP contribution in [0.3, 0.4) is 0 Å². The molecule has 0 aliphatic carbocycles. The quantitative estimate of drug-likeness (QED) is 0.749. The molecule has 1 atom stereocenters. The van der Waals surface area contributed by atoms with E-state index < -0.39 is 0 Å². The first kappa shape index (κ1) is 14.5. The fraction of sp³-hybridized carbons (Fsp3) is 0.923. The molecule has 1 heterocycles. The van der Waals surface area contributed by atoms with Crippen LogP contribution in [0, 0.1) is 0 Å². The van der Waals surface area contributed by atoms with Crippen molar-refractivity contribution in [1.82, 2.24) is 5.32 Å². The van der Waals surface area contributed by atoms with Gasteiger partial charge >= 0.3 is 5.97 Å². The highest BCUT2D eigenvalue weighted by atomic mass is 16.5. The van der Waals surface area contributed by atoms with Gasteiger partial charge in [-0.3, -0.25) is 4.79 Å². The van der Waals surface area contributed by atoms with Crippen LogP contribution in [0.1, 0.15) is 47.0 Å². The molecule has 0 radical (unpaired) electrons. The highest BCUT2D eigenvalue weighted by molar-refractivity contribution is 5.71. The van der Waals surface area contributed by atoms with E-state index in [-0.39, 0.29) is 17.1 Å². The highest BCUT2D eigenvalue weighted by Gasteiger charge is 2.41. The molecule has 0 saturated carbocycles. The molecule has 1 saturated heterocycles. The lowest BCUT2D eigenvalue weighted by Crippen LogP contribution is -2.55. The van der Waals surface area contributed by atoms with E-state index in [1.165, 1.54) is 0 Å². The van der Waals surface area contributed by atoms with Crippen molar-refractivity contribution < 1.29 is 14.3 Å². The van der Waals surface area contributed by atoms with Crippen molar-refractivity contribution >= 4 is 5.97 Å². The third-order valence-electron chi connectivity index (χ3n) is 3.18. The van der Waals surface area contributed by atoms with Gasteiger partial charge in [-0.25, -0.2) is 0 Å². The van der Waals surface area contributed by atoms with E-state index in [0.29, 0.717) is 19.6 Å². The largest absolute Gasteiger partial charge is 0.466 e. The molecule has 0 aromatic rings. The number of esters is 1. The SMILES string of the molecule is CCNC1(CC(=O)OCC)CCOC(C)(C)C1. The molecule has 4 heteroatoms. The molecule has 1 fully saturated rings. The van der Waals surface area contributed by atoms with Crippen LogP contribution in [-0.2, 0) is 14.3 Å². The molecule has 0 spiro atoms. The second-order valence-electron chi connectivity index (χ2n) is 5.33. The first-order valence-corrected chi connectivity index (χ1v) is 6.48. The average Bonchev–Trinajstić information content (AvgIpc) is 2.15. The summed E-state index contributed by atoms with van der Waals surface area (Å²) in [6.45, 7) is 10.0. The lowest BCUT2D eigenvalue weighted by Gasteiger charge is -2.45. The van der Waals surface area contributed by atoms with Gasteiger partial charge in [0.1, 0.15) is 0 Å². The molecule has 0 aromatic carbocycles. The summed E-state index contributed by atoms with van der Waals surface area (Å²) in [6.07, 6.45) is 2.14. The van der Waals surface area contributed by atoms with Crippen LogP contribution in [0.4, 0.5) is 0 Å².